The lowest BCUT2D eigenvalue weighted by Gasteiger charge is -2.19. The third kappa shape index (κ3) is 2.33. The second-order valence-corrected chi connectivity index (χ2v) is 4.86. The molecular formula is C12H20N4O2. The second kappa shape index (κ2) is 4.97. The minimum Gasteiger partial charge on any atom is -0.395 e. The highest BCUT2D eigenvalue weighted by molar-refractivity contribution is 5.98. The molecule has 1 fully saturated rings. The Kier molecular flexibility index (Phi) is 3.56. The fourth-order valence-corrected chi connectivity index (χ4v) is 2.28. The first kappa shape index (κ1) is 12.9. The van der Waals surface area contributed by atoms with Gasteiger partial charge < -0.3 is 15.8 Å². The SMILES string of the molecule is Cc1nn(C)c(C(=O)NC(C)C2CCOC2)c1N. The van der Waals surface area contributed by atoms with Crippen molar-refractivity contribution in [3.63, 3.8) is 0 Å². The molecule has 2 atom stereocenters. The molecule has 0 aliphatic carbocycles. The van der Waals surface area contributed by atoms with Crippen LogP contribution >= 0.6 is 0 Å². The number of nitrogens with two attached hydrogens (primary N) is 1. The molecule has 2 rings (SSSR count). The topological polar surface area (TPSA) is 82.2 Å². The Bertz CT molecular complexity index is 449. The number of nitrogen functional groups attached to an aromatic ring is 1. The third-order valence-corrected chi connectivity index (χ3v) is 3.51. The molecular weight excluding hydrogens is 232 g/mol. The van der Waals surface area contributed by atoms with Crippen LogP contribution in [-0.4, -0.2) is 34.9 Å². The van der Waals surface area contributed by atoms with Crippen molar-refractivity contribution in [2.45, 2.75) is 26.3 Å². The van der Waals surface area contributed by atoms with Crippen LogP contribution in [0.1, 0.15) is 29.5 Å². The monoisotopic (exact) mass is 252 g/mol. The molecule has 18 heavy (non-hydrogen) atoms. The summed E-state index contributed by atoms with van der Waals surface area (Å²) in [6.07, 6.45) is 0.987. The summed E-state index contributed by atoms with van der Waals surface area (Å²) >= 11 is 0. The van der Waals surface area contributed by atoms with Gasteiger partial charge in [-0.3, -0.25) is 9.48 Å². The molecule has 0 aromatic carbocycles. The normalized spacial score (nSPS) is 20.9. The number of ether oxygens (including phenoxy) is 1. The number of carbonyl (C=O) groups is 1. The van der Waals surface area contributed by atoms with Crippen LogP contribution in [0.5, 0.6) is 0 Å². The van der Waals surface area contributed by atoms with Gasteiger partial charge in [0.2, 0.25) is 0 Å². The Morgan fingerprint density at radius 1 is 1.67 bits per heavy atom. The van der Waals surface area contributed by atoms with E-state index in [9.17, 15) is 4.79 Å². The van der Waals surface area contributed by atoms with Gasteiger partial charge >= 0.3 is 0 Å². The Balaban J connectivity index is 2.07. The fourth-order valence-electron chi connectivity index (χ4n) is 2.28. The van der Waals surface area contributed by atoms with Crippen molar-refractivity contribution in [1.29, 1.82) is 0 Å². The van der Waals surface area contributed by atoms with E-state index < -0.39 is 0 Å². The zero-order valence-electron chi connectivity index (χ0n) is 11.1. The number of hydrogen-bond acceptors (Lipinski definition) is 4. The number of hydrogen-bond donors (Lipinski definition) is 2. The minimum atomic E-state index is -0.171. The summed E-state index contributed by atoms with van der Waals surface area (Å²) in [4.78, 5) is 12.2. The molecule has 0 bridgehead atoms. The van der Waals surface area contributed by atoms with Crippen molar-refractivity contribution in [2.24, 2.45) is 13.0 Å². The van der Waals surface area contributed by atoms with Gasteiger partial charge in [0.1, 0.15) is 5.69 Å². The highest BCUT2D eigenvalue weighted by atomic mass is 16.5. The Morgan fingerprint density at radius 3 is 2.89 bits per heavy atom. The molecule has 1 saturated heterocycles. The molecule has 0 saturated carbocycles. The van der Waals surface area contributed by atoms with Gasteiger partial charge in [0.05, 0.1) is 18.0 Å². The number of amides is 1. The average Bonchev–Trinajstić information content (AvgIpc) is 2.88. The summed E-state index contributed by atoms with van der Waals surface area (Å²) in [5.41, 5.74) is 7.42. The first-order valence-corrected chi connectivity index (χ1v) is 6.18. The molecule has 6 nitrogen and oxygen atoms in total. The van der Waals surface area contributed by atoms with Crippen molar-refractivity contribution in [3.05, 3.63) is 11.4 Å². The molecule has 1 amide bonds. The van der Waals surface area contributed by atoms with Crippen LogP contribution in [0, 0.1) is 12.8 Å². The molecule has 1 aromatic rings. The molecule has 0 spiro atoms. The summed E-state index contributed by atoms with van der Waals surface area (Å²) in [7, 11) is 1.72. The van der Waals surface area contributed by atoms with E-state index in [-0.39, 0.29) is 11.9 Å². The van der Waals surface area contributed by atoms with Gasteiger partial charge in [0.25, 0.3) is 5.91 Å². The van der Waals surface area contributed by atoms with E-state index in [0.29, 0.717) is 29.6 Å². The maximum absolute atomic E-state index is 12.2. The van der Waals surface area contributed by atoms with E-state index in [1.165, 1.54) is 4.68 Å². The predicted octanol–water partition coefficient (Wildman–Crippen LogP) is 0.466. The molecule has 0 radical (unpaired) electrons. The fraction of sp³-hybridized carbons (Fsp3) is 0.667. The number of nitrogens with zero attached hydrogens (tertiary/aromatic N) is 2. The molecule has 1 aliphatic rings. The standard InChI is InChI=1S/C12H20N4O2/c1-7(9-4-5-18-6-9)14-12(17)11-10(13)8(2)15-16(11)3/h7,9H,4-6,13H2,1-3H3,(H,14,17). The van der Waals surface area contributed by atoms with Crippen LogP contribution in [0.4, 0.5) is 5.69 Å². The summed E-state index contributed by atoms with van der Waals surface area (Å²) in [5.74, 6) is 0.208. The van der Waals surface area contributed by atoms with Crippen molar-refractivity contribution < 1.29 is 9.53 Å². The summed E-state index contributed by atoms with van der Waals surface area (Å²) in [6.45, 7) is 5.27. The average molecular weight is 252 g/mol. The summed E-state index contributed by atoms with van der Waals surface area (Å²) in [5, 5.41) is 7.12. The van der Waals surface area contributed by atoms with E-state index >= 15 is 0 Å². The van der Waals surface area contributed by atoms with Crippen LogP contribution < -0.4 is 11.1 Å². The van der Waals surface area contributed by atoms with Crippen molar-refractivity contribution in [3.8, 4) is 0 Å². The van der Waals surface area contributed by atoms with Crippen LogP contribution in [0.3, 0.4) is 0 Å². The Morgan fingerprint density at radius 2 is 2.39 bits per heavy atom. The van der Waals surface area contributed by atoms with Gasteiger partial charge in [-0.1, -0.05) is 0 Å². The highest BCUT2D eigenvalue weighted by Crippen LogP contribution is 2.19. The van der Waals surface area contributed by atoms with E-state index in [2.05, 4.69) is 10.4 Å². The molecule has 2 heterocycles. The predicted molar refractivity (Wildman–Crippen MR) is 68.2 cm³/mol. The number of rotatable bonds is 3. The van der Waals surface area contributed by atoms with Gasteiger partial charge in [-0.05, 0) is 20.3 Å². The van der Waals surface area contributed by atoms with Gasteiger partial charge in [-0.2, -0.15) is 5.10 Å². The first-order chi connectivity index (χ1) is 8.50. The highest BCUT2D eigenvalue weighted by Gasteiger charge is 2.26. The smallest absolute Gasteiger partial charge is 0.271 e. The van der Waals surface area contributed by atoms with E-state index in [1.54, 1.807) is 14.0 Å². The molecule has 100 valence electrons. The lowest BCUT2D eigenvalue weighted by atomic mass is 10.0. The largest absolute Gasteiger partial charge is 0.395 e. The zero-order valence-corrected chi connectivity index (χ0v) is 11.1. The minimum absolute atomic E-state index is 0.0783. The van der Waals surface area contributed by atoms with E-state index in [0.717, 1.165) is 13.0 Å². The molecule has 2 unspecified atom stereocenters. The number of aromatic nitrogens is 2. The number of aryl methyl sites for hydroxylation is 2. The van der Waals surface area contributed by atoms with Crippen LogP contribution in [-0.2, 0) is 11.8 Å². The molecule has 1 aliphatic heterocycles. The van der Waals surface area contributed by atoms with E-state index in [1.807, 2.05) is 6.92 Å². The number of nitrogens with one attached hydrogen (secondary N) is 1. The van der Waals surface area contributed by atoms with Crippen molar-refractivity contribution >= 4 is 11.6 Å². The third-order valence-electron chi connectivity index (χ3n) is 3.51. The number of carbonyl (C=O) groups excluding carboxylic acids is 1. The number of anilines is 1. The lowest BCUT2D eigenvalue weighted by molar-refractivity contribution is 0.0913. The van der Waals surface area contributed by atoms with Crippen molar-refractivity contribution in [2.75, 3.05) is 18.9 Å². The summed E-state index contributed by atoms with van der Waals surface area (Å²) < 4.78 is 6.85. The van der Waals surface area contributed by atoms with Gasteiger partial charge in [-0.15, -0.1) is 0 Å². The lowest BCUT2D eigenvalue weighted by Crippen LogP contribution is -2.39. The summed E-state index contributed by atoms with van der Waals surface area (Å²) in [6, 6.07) is 0.0783. The van der Waals surface area contributed by atoms with Gasteiger partial charge in [0.15, 0.2) is 0 Å². The Hall–Kier alpha value is -1.56. The van der Waals surface area contributed by atoms with Gasteiger partial charge in [-0.25, -0.2) is 0 Å². The van der Waals surface area contributed by atoms with Crippen LogP contribution in [0.25, 0.3) is 0 Å². The second-order valence-electron chi connectivity index (χ2n) is 4.86. The van der Waals surface area contributed by atoms with Crippen molar-refractivity contribution in [1.82, 2.24) is 15.1 Å². The molecule has 1 aromatic heterocycles. The van der Waals surface area contributed by atoms with E-state index in [4.69, 9.17) is 10.5 Å². The van der Waals surface area contributed by atoms with Crippen LogP contribution in [0.15, 0.2) is 0 Å². The maximum Gasteiger partial charge on any atom is 0.271 e. The quantitative estimate of drug-likeness (QED) is 0.819. The Labute approximate surface area is 106 Å². The zero-order chi connectivity index (χ0) is 13.3. The van der Waals surface area contributed by atoms with Gasteiger partial charge in [0, 0.05) is 25.6 Å². The maximum atomic E-state index is 12.2. The first-order valence-electron chi connectivity index (χ1n) is 6.18. The molecule has 3 N–H and O–H groups in total. The van der Waals surface area contributed by atoms with Crippen LogP contribution in [0.2, 0.25) is 0 Å². The molecule has 6 heteroatoms.